The van der Waals surface area contributed by atoms with Crippen molar-refractivity contribution >= 4 is 18.1 Å². The van der Waals surface area contributed by atoms with Gasteiger partial charge >= 0.3 is 0 Å². The first kappa shape index (κ1) is 15.5. The van der Waals surface area contributed by atoms with Crippen molar-refractivity contribution in [3.63, 3.8) is 0 Å². The molecule has 0 radical (unpaired) electrons. The number of anilines is 1. The highest BCUT2D eigenvalue weighted by molar-refractivity contribution is 5.85. The van der Waals surface area contributed by atoms with Crippen LogP contribution in [0.2, 0.25) is 0 Å². The minimum absolute atomic E-state index is 0. The average Bonchev–Trinajstić information content (AvgIpc) is 2.95. The molecule has 1 N–H and O–H groups in total. The predicted molar refractivity (Wildman–Crippen MR) is 75.4 cm³/mol. The smallest absolute Gasteiger partial charge is 0.109 e. The summed E-state index contributed by atoms with van der Waals surface area (Å²) in [6.45, 7) is 4.76. The maximum absolute atomic E-state index is 12.1. The van der Waals surface area contributed by atoms with E-state index >= 15 is 0 Å². The van der Waals surface area contributed by atoms with Crippen LogP contribution < -0.4 is 5.32 Å². The van der Waals surface area contributed by atoms with Crippen LogP contribution in [0.1, 0.15) is 25.5 Å². The van der Waals surface area contributed by atoms with Crippen molar-refractivity contribution in [1.29, 1.82) is 0 Å². The van der Waals surface area contributed by atoms with Crippen LogP contribution in [-0.4, -0.2) is 26.2 Å². The summed E-state index contributed by atoms with van der Waals surface area (Å²) in [6, 6.07) is 0.367. The number of hydrogen-bond donors (Lipinski definition) is 1. The molecule has 0 aliphatic carbocycles. The van der Waals surface area contributed by atoms with Gasteiger partial charge in [0, 0.05) is 30.5 Å². The van der Waals surface area contributed by atoms with Crippen LogP contribution in [0.25, 0.3) is 0 Å². The van der Waals surface area contributed by atoms with Crippen LogP contribution in [0.5, 0.6) is 0 Å². The van der Waals surface area contributed by atoms with E-state index in [2.05, 4.69) is 29.4 Å². The number of hydrogen-bond acceptors (Lipinski definition) is 3. The van der Waals surface area contributed by atoms with E-state index in [0.717, 1.165) is 11.3 Å². The SMILES string of the molecule is CC(C)n1cc(CNc2cnn(CCF)c2)cn1.Cl. The molecule has 0 fully saturated rings. The van der Waals surface area contributed by atoms with Crippen LogP contribution >= 0.6 is 12.4 Å². The molecule has 0 aliphatic heterocycles. The van der Waals surface area contributed by atoms with Gasteiger partial charge in [-0.1, -0.05) is 0 Å². The van der Waals surface area contributed by atoms with Crippen LogP contribution in [0, 0.1) is 0 Å². The molecule has 2 aromatic rings. The van der Waals surface area contributed by atoms with Gasteiger partial charge in [0.2, 0.25) is 0 Å². The van der Waals surface area contributed by atoms with Gasteiger partial charge in [0.25, 0.3) is 0 Å². The van der Waals surface area contributed by atoms with Gasteiger partial charge in [0.05, 0.1) is 24.6 Å². The van der Waals surface area contributed by atoms with E-state index in [9.17, 15) is 4.39 Å². The highest BCUT2D eigenvalue weighted by Gasteiger charge is 2.02. The average molecular weight is 288 g/mol. The molecule has 0 aromatic carbocycles. The summed E-state index contributed by atoms with van der Waals surface area (Å²) in [6.07, 6.45) is 7.36. The molecule has 2 heterocycles. The number of aromatic nitrogens is 4. The lowest BCUT2D eigenvalue weighted by molar-refractivity contribution is 0.427. The van der Waals surface area contributed by atoms with Crippen molar-refractivity contribution in [3.8, 4) is 0 Å². The maximum Gasteiger partial charge on any atom is 0.109 e. The quantitative estimate of drug-likeness (QED) is 0.888. The molecule has 0 bridgehead atoms. The first-order chi connectivity index (χ1) is 8.69. The lowest BCUT2D eigenvalue weighted by Gasteiger charge is -2.03. The molecule has 2 rings (SSSR count). The number of rotatable bonds is 6. The Morgan fingerprint density at radius 3 is 2.68 bits per heavy atom. The van der Waals surface area contributed by atoms with E-state index in [0.29, 0.717) is 19.1 Å². The van der Waals surface area contributed by atoms with Crippen molar-refractivity contribution in [2.75, 3.05) is 12.0 Å². The van der Waals surface area contributed by atoms with Crippen LogP contribution in [0.15, 0.2) is 24.8 Å². The first-order valence-corrected chi connectivity index (χ1v) is 6.04. The van der Waals surface area contributed by atoms with Crippen molar-refractivity contribution < 1.29 is 4.39 Å². The van der Waals surface area contributed by atoms with Gasteiger partial charge < -0.3 is 5.32 Å². The van der Waals surface area contributed by atoms with Crippen LogP contribution in [0.4, 0.5) is 10.1 Å². The summed E-state index contributed by atoms with van der Waals surface area (Å²) < 4.78 is 15.6. The molecular weight excluding hydrogens is 269 g/mol. The standard InChI is InChI=1S/C12H18FN5.ClH/c1-10(2)18-8-11(6-16-18)5-14-12-7-15-17(9-12)4-3-13;/h6-10,14H,3-5H2,1-2H3;1H. The lowest BCUT2D eigenvalue weighted by Crippen LogP contribution is -2.01. The van der Waals surface area contributed by atoms with E-state index in [1.165, 1.54) is 0 Å². The maximum atomic E-state index is 12.1. The Labute approximate surface area is 118 Å². The topological polar surface area (TPSA) is 47.7 Å². The third kappa shape index (κ3) is 4.24. The van der Waals surface area contributed by atoms with Gasteiger partial charge in [-0.05, 0) is 13.8 Å². The van der Waals surface area contributed by atoms with Gasteiger partial charge in [-0.3, -0.25) is 9.36 Å². The van der Waals surface area contributed by atoms with E-state index in [4.69, 9.17) is 0 Å². The number of halogens is 2. The largest absolute Gasteiger partial charge is 0.378 e. The molecule has 0 unspecified atom stereocenters. The van der Waals surface area contributed by atoms with Crippen LogP contribution in [-0.2, 0) is 13.1 Å². The number of alkyl halides is 1. The molecule has 19 heavy (non-hydrogen) atoms. The Kier molecular flexibility index (Phi) is 5.82. The first-order valence-electron chi connectivity index (χ1n) is 6.04. The summed E-state index contributed by atoms with van der Waals surface area (Å²) in [4.78, 5) is 0. The fourth-order valence-corrected chi connectivity index (χ4v) is 1.62. The zero-order valence-electron chi connectivity index (χ0n) is 11.1. The van der Waals surface area contributed by atoms with Crippen LogP contribution in [0.3, 0.4) is 0 Å². The molecule has 7 heteroatoms. The van der Waals surface area contributed by atoms with Crippen molar-refractivity contribution in [2.24, 2.45) is 0 Å². The Bertz CT molecular complexity index is 494. The highest BCUT2D eigenvalue weighted by atomic mass is 35.5. The monoisotopic (exact) mass is 287 g/mol. The molecular formula is C12H19ClFN5. The van der Waals surface area contributed by atoms with Gasteiger partial charge in [-0.25, -0.2) is 4.39 Å². The van der Waals surface area contributed by atoms with E-state index < -0.39 is 6.67 Å². The number of nitrogens with zero attached hydrogens (tertiary/aromatic N) is 4. The Hall–Kier alpha value is -1.56. The highest BCUT2D eigenvalue weighted by Crippen LogP contribution is 2.09. The number of nitrogens with one attached hydrogen (secondary N) is 1. The summed E-state index contributed by atoms with van der Waals surface area (Å²) in [5, 5.41) is 11.5. The summed E-state index contributed by atoms with van der Waals surface area (Å²) in [7, 11) is 0. The van der Waals surface area contributed by atoms with Gasteiger partial charge in [0.15, 0.2) is 0 Å². The van der Waals surface area contributed by atoms with E-state index in [1.54, 1.807) is 17.1 Å². The summed E-state index contributed by atoms with van der Waals surface area (Å²) in [5.41, 5.74) is 2.00. The second kappa shape index (κ2) is 7.13. The third-order valence-corrected chi connectivity index (χ3v) is 2.63. The molecule has 0 saturated carbocycles. The van der Waals surface area contributed by atoms with Crippen molar-refractivity contribution in [1.82, 2.24) is 19.6 Å². The van der Waals surface area contributed by atoms with E-state index in [1.807, 2.05) is 17.1 Å². The molecule has 2 aromatic heterocycles. The molecule has 5 nitrogen and oxygen atoms in total. The third-order valence-electron chi connectivity index (χ3n) is 2.63. The second-order valence-corrected chi connectivity index (χ2v) is 4.46. The van der Waals surface area contributed by atoms with Crippen molar-refractivity contribution in [2.45, 2.75) is 33.0 Å². The van der Waals surface area contributed by atoms with E-state index in [-0.39, 0.29) is 12.4 Å². The fraction of sp³-hybridized carbons (Fsp3) is 0.500. The molecule has 0 spiro atoms. The Morgan fingerprint density at radius 2 is 2.05 bits per heavy atom. The molecule has 0 saturated heterocycles. The lowest BCUT2D eigenvalue weighted by atomic mass is 10.3. The zero-order valence-corrected chi connectivity index (χ0v) is 11.9. The summed E-state index contributed by atoms with van der Waals surface area (Å²) in [5.74, 6) is 0. The molecule has 106 valence electrons. The Balaban J connectivity index is 0.00000180. The van der Waals surface area contributed by atoms with Gasteiger partial charge in [-0.2, -0.15) is 10.2 Å². The van der Waals surface area contributed by atoms with Gasteiger partial charge in [0.1, 0.15) is 6.67 Å². The normalized spacial score (nSPS) is 10.5. The Morgan fingerprint density at radius 1 is 1.26 bits per heavy atom. The molecule has 0 amide bonds. The second-order valence-electron chi connectivity index (χ2n) is 4.46. The fourth-order valence-electron chi connectivity index (χ4n) is 1.62. The minimum Gasteiger partial charge on any atom is -0.378 e. The zero-order chi connectivity index (χ0) is 13.0. The molecule has 0 atom stereocenters. The number of aryl methyl sites for hydroxylation is 1. The van der Waals surface area contributed by atoms with Crippen molar-refractivity contribution in [3.05, 3.63) is 30.4 Å². The predicted octanol–water partition coefficient (Wildman–Crippen LogP) is 2.66. The minimum atomic E-state index is -0.401. The molecule has 0 aliphatic rings. The van der Waals surface area contributed by atoms with Gasteiger partial charge in [-0.15, -0.1) is 12.4 Å². The summed E-state index contributed by atoms with van der Waals surface area (Å²) >= 11 is 0.